The van der Waals surface area contributed by atoms with Crippen LogP contribution >= 0.6 is 0 Å². The summed E-state index contributed by atoms with van der Waals surface area (Å²) in [7, 11) is 0. The van der Waals surface area contributed by atoms with Crippen LogP contribution in [0.2, 0.25) is 0 Å². The Bertz CT molecular complexity index is 745. The summed E-state index contributed by atoms with van der Waals surface area (Å²) in [5, 5.41) is 54.2. The summed E-state index contributed by atoms with van der Waals surface area (Å²) in [6, 6.07) is -2.39. The summed E-state index contributed by atoms with van der Waals surface area (Å²) in [6.07, 6.45) is -1.60. The lowest BCUT2D eigenvalue weighted by Gasteiger charge is -2.12. The van der Waals surface area contributed by atoms with Gasteiger partial charge in [-0.2, -0.15) is 0 Å². The van der Waals surface area contributed by atoms with E-state index in [0.717, 1.165) is 6.92 Å². The van der Waals surface area contributed by atoms with Gasteiger partial charge < -0.3 is 61.3 Å². The van der Waals surface area contributed by atoms with Gasteiger partial charge in [0.05, 0.1) is 18.8 Å². The molecule has 0 amide bonds. The number of ketones is 3. The normalized spacial score (nSPS) is 10.5. The van der Waals surface area contributed by atoms with E-state index < -0.39 is 84.5 Å². The summed E-state index contributed by atoms with van der Waals surface area (Å²) < 4.78 is 0. The molecule has 0 aromatic carbocycles. The molecule has 0 aliphatic heterocycles. The lowest BCUT2D eigenvalue weighted by atomic mass is 10.1. The molecule has 2 atom stereocenters. The van der Waals surface area contributed by atoms with Gasteiger partial charge in [-0.25, -0.2) is 4.79 Å². The van der Waals surface area contributed by atoms with Crippen LogP contribution in [0.5, 0.6) is 0 Å². The topological polar surface area (TPSA) is 338 Å². The van der Waals surface area contributed by atoms with Gasteiger partial charge in [0, 0.05) is 19.3 Å². The van der Waals surface area contributed by atoms with Crippen molar-refractivity contribution in [3.63, 3.8) is 0 Å². The largest absolute Gasteiger partial charge is 0.670 e. The first kappa shape index (κ1) is 36.1. The van der Waals surface area contributed by atoms with Crippen molar-refractivity contribution in [2.24, 2.45) is 0 Å². The van der Waals surface area contributed by atoms with Crippen molar-refractivity contribution >= 4 is 53.2 Å². The third kappa shape index (κ3) is 30.0. The molecule has 0 bridgehead atoms. The minimum Gasteiger partial charge on any atom is -0.670 e. The smallest absolute Gasteiger partial charge is 0.372 e. The van der Waals surface area contributed by atoms with Crippen LogP contribution in [-0.4, -0.2) is 75.5 Å². The van der Waals surface area contributed by atoms with Crippen LogP contribution < -0.4 is 26.2 Å². The standard InChI is InChI=1S/C5H7NO5.C5H6O5.C3H6NO2.C3H4O3/c6-2(4(8)9)1-3(7)5(10)11;6-3(5(9)10)1-2-4(7)8;2*1-2(4)3(5)6/h2H,1,6H2,(H,8,9)(H,10,11);1-2H2,(H,7,8)(H,9,10);2,4H,1H3,(H,5,6);1H3,(H,5,6)/q;;-1;/p-3/t2-;;2-;/m0.0./s1. The number of hydrogen-bond acceptors (Lipinski definition) is 13. The zero-order chi connectivity index (χ0) is 27.5. The number of carboxylic acid groups (broad SMARTS) is 6. The van der Waals surface area contributed by atoms with E-state index in [1.165, 1.54) is 6.92 Å². The highest BCUT2D eigenvalue weighted by molar-refractivity contribution is 6.33. The molecular weight excluding hydrogens is 460 g/mol. The quantitative estimate of drug-likeness (QED) is 0.244. The van der Waals surface area contributed by atoms with E-state index in [4.69, 9.17) is 15.9 Å². The molecule has 0 saturated heterocycles. The van der Waals surface area contributed by atoms with Gasteiger partial charge in [-0.3, -0.25) is 19.2 Å². The third-order valence-electron chi connectivity index (χ3n) is 2.44. The van der Waals surface area contributed by atoms with Crippen molar-refractivity contribution in [2.45, 2.75) is 45.2 Å². The van der Waals surface area contributed by atoms with Crippen molar-refractivity contribution in [1.82, 2.24) is 0 Å². The molecule has 0 aliphatic rings. The second-order valence-electron chi connectivity index (χ2n) is 5.44. The van der Waals surface area contributed by atoms with Crippen molar-refractivity contribution in [1.29, 1.82) is 0 Å². The van der Waals surface area contributed by atoms with Gasteiger partial charge in [0.15, 0.2) is 11.6 Å². The Morgan fingerprint density at radius 2 is 1.15 bits per heavy atom. The molecule has 0 heterocycles. The van der Waals surface area contributed by atoms with E-state index >= 15 is 0 Å². The molecule has 0 spiro atoms. The highest BCUT2D eigenvalue weighted by Gasteiger charge is 2.18. The Balaban J connectivity index is -0.000000176. The average Bonchev–Trinajstić information content (AvgIpc) is 2.66. The molecule has 0 unspecified atom stereocenters. The maximum absolute atomic E-state index is 10.3. The van der Waals surface area contributed by atoms with Crippen molar-refractivity contribution < 1.29 is 79.5 Å². The number of carbonyl (C=O) groups is 9. The summed E-state index contributed by atoms with van der Waals surface area (Å²) in [4.78, 5) is 87.8. The van der Waals surface area contributed by atoms with Gasteiger partial charge in [0.25, 0.3) is 0 Å². The van der Waals surface area contributed by atoms with Crippen molar-refractivity contribution in [3.8, 4) is 0 Å². The van der Waals surface area contributed by atoms with Gasteiger partial charge in [-0.15, -0.1) is 6.04 Å². The number of nitrogens with one attached hydrogen (secondary N) is 1. The second kappa shape index (κ2) is 19.7. The molecule has 188 valence electrons. The molecule has 0 saturated carbocycles. The SMILES string of the molecule is CC(=O)C(=O)[O-].C[C@H]([NH-])C(=O)[O-].O=C(O)CCC(=O)C(=O)[O-].[NH3+][C@@H](CC(=O)C(=O)O)C(=O)[O-]. The molecule has 0 aromatic heterocycles. The third-order valence-corrected chi connectivity index (χ3v) is 2.44. The van der Waals surface area contributed by atoms with E-state index in [-0.39, 0.29) is 0 Å². The highest BCUT2D eigenvalue weighted by Crippen LogP contribution is 1.89. The summed E-state index contributed by atoms with van der Waals surface area (Å²) >= 11 is 0. The summed E-state index contributed by atoms with van der Waals surface area (Å²) in [5.74, 6) is -12.5. The van der Waals surface area contributed by atoms with Gasteiger partial charge in [0.2, 0.25) is 5.78 Å². The van der Waals surface area contributed by atoms with Gasteiger partial charge in [-0.05, 0) is 0 Å². The molecule has 17 nitrogen and oxygen atoms in total. The van der Waals surface area contributed by atoms with Crippen LogP contribution in [0.15, 0.2) is 0 Å². The monoisotopic (exact) mass is 480 g/mol. The number of aliphatic carboxylic acids is 6. The van der Waals surface area contributed by atoms with E-state index in [2.05, 4.69) is 5.73 Å². The number of hydrogen-bond donors (Lipinski definition) is 3. The zero-order valence-electron chi connectivity index (χ0n) is 17.2. The summed E-state index contributed by atoms with van der Waals surface area (Å²) in [6.45, 7) is 2.19. The van der Waals surface area contributed by atoms with Crippen LogP contribution in [0.25, 0.3) is 5.73 Å². The lowest BCUT2D eigenvalue weighted by Crippen LogP contribution is -2.69. The van der Waals surface area contributed by atoms with Crippen LogP contribution in [0.4, 0.5) is 0 Å². The first-order valence-electron chi connectivity index (χ1n) is 8.17. The molecule has 6 N–H and O–H groups in total. The van der Waals surface area contributed by atoms with E-state index in [1.807, 2.05) is 0 Å². The molecule has 0 aromatic rings. The predicted octanol–water partition coefficient (Wildman–Crippen LogP) is -7.94. The molecule has 0 rings (SSSR count). The minimum absolute atomic E-state index is 0.465. The van der Waals surface area contributed by atoms with E-state index in [9.17, 15) is 63.6 Å². The van der Waals surface area contributed by atoms with Crippen LogP contribution in [0.1, 0.15) is 33.1 Å². The second-order valence-corrected chi connectivity index (χ2v) is 5.44. The Morgan fingerprint density at radius 3 is 1.33 bits per heavy atom. The Labute approximate surface area is 184 Å². The number of carbonyl (C=O) groups excluding carboxylic acids is 7. The van der Waals surface area contributed by atoms with E-state index in [1.54, 1.807) is 0 Å². The maximum Gasteiger partial charge on any atom is 0.372 e. The Hall–Kier alpha value is -4.25. The number of carboxylic acids is 6. The van der Waals surface area contributed by atoms with Gasteiger partial charge in [0.1, 0.15) is 18.0 Å². The maximum atomic E-state index is 10.3. The van der Waals surface area contributed by atoms with Crippen molar-refractivity contribution in [2.75, 3.05) is 0 Å². The van der Waals surface area contributed by atoms with Crippen LogP contribution in [-0.2, 0) is 43.2 Å². The predicted molar refractivity (Wildman–Crippen MR) is 90.3 cm³/mol. The van der Waals surface area contributed by atoms with Gasteiger partial charge in [-0.1, -0.05) is 6.92 Å². The molecule has 0 aliphatic carbocycles. The van der Waals surface area contributed by atoms with Crippen LogP contribution in [0.3, 0.4) is 0 Å². The highest BCUT2D eigenvalue weighted by atomic mass is 16.4. The Morgan fingerprint density at radius 1 is 0.788 bits per heavy atom. The first-order chi connectivity index (χ1) is 14.8. The molecule has 0 radical (unpaired) electrons. The molecule has 17 heteroatoms. The number of rotatable bonds is 10. The van der Waals surface area contributed by atoms with Crippen molar-refractivity contribution in [3.05, 3.63) is 5.73 Å². The lowest BCUT2D eigenvalue weighted by molar-refractivity contribution is -0.436. The minimum atomic E-state index is -1.83. The fourth-order valence-corrected chi connectivity index (χ4v) is 0.717. The number of Topliss-reactive ketones (excluding diaryl/α,β-unsaturated/α-hetero) is 3. The number of quaternary nitrogens is 1. The van der Waals surface area contributed by atoms with E-state index in [0.29, 0.717) is 0 Å². The van der Waals surface area contributed by atoms with Crippen LogP contribution in [0, 0.1) is 0 Å². The Kier molecular flexibility index (Phi) is 21.6. The van der Waals surface area contributed by atoms with Gasteiger partial charge >= 0.3 is 11.9 Å². The fraction of sp³-hybridized carbons (Fsp3) is 0.438. The first-order valence-corrected chi connectivity index (χ1v) is 8.17. The zero-order valence-corrected chi connectivity index (χ0v) is 17.2. The molecular formula is C16H20N2O15-4. The molecule has 33 heavy (non-hydrogen) atoms. The molecule has 0 fully saturated rings. The average molecular weight is 480 g/mol. The fourth-order valence-electron chi connectivity index (χ4n) is 0.717. The summed E-state index contributed by atoms with van der Waals surface area (Å²) in [5.41, 5.74) is 9.38.